The summed E-state index contributed by atoms with van der Waals surface area (Å²) in [6.45, 7) is 2.97. The number of aromatic nitrogens is 3. The van der Waals surface area contributed by atoms with Crippen LogP contribution in [0.15, 0.2) is 65.8 Å². The van der Waals surface area contributed by atoms with Crippen molar-refractivity contribution in [2.24, 2.45) is 0 Å². The van der Waals surface area contributed by atoms with Crippen LogP contribution in [-0.4, -0.2) is 40.8 Å². The number of halogens is 3. The molecule has 33 heavy (non-hydrogen) atoms. The summed E-state index contributed by atoms with van der Waals surface area (Å²) in [6, 6.07) is 10.4. The van der Waals surface area contributed by atoms with Crippen LogP contribution in [0.25, 0.3) is 22.2 Å². The van der Waals surface area contributed by atoms with E-state index in [9.17, 15) is 18.0 Å². The van der Waals surface area contributed by atoms with Crippen LogP contribution in [-0.2, 0) is 17.5 Å². The van der Waals surface area contributed by atoms with E-state index in [-0.39, 0.29) is 12.1 Å². The van der Waals surface area contributed by atoms with Gasteiger partial charge >= 0.3 is 6.18 Å². The van der Waals surface area contributed by atoms with Crippen LogP contribution in [0.1, 0.15) is 11.1 Å². The zero-order valence-corrected chi connectivity index (χ0v) is 17.6. The number of ether oxygens (including phenoxy) is 1. The third kappa shape index (κ3) is 4.36. The molecule has 1 fully saturated rings. The lowest BCUT2D eigenvalue weighted by Gasteiger charge is -2.28. The molecule has 1 aromatic carbocycles. The first-order chi connectivity index (χ1) is 15.9. The van der Waals surface area contributed by atoms with Crippen LogP contribution in [0.5, 0.6) is 0 Å². The molecule has 9 heteroatoms. The zero-order valence-electron chi connectivity index (χ0n) is 17.6. The Hall–Kier alpha value is -3.59. The smallest absolute Gasteiger partial charge is 0.378 e. The number of alkyl halides is 3. The highest BCUT2D eigenvalue weighted by Gasteiger charge is 2.30. The van der Waals surface area contributed by atoms with E-state index in [0.29, 0.717) is 24.3 Å². The molecule has 0 aliphatic carbocycles. The van der Waals surface area contributed by atoms with Crippen molar-refractivity contribution in [3.05, 3.63) is 82.5 Å². The largest absolute Gasteiger partial charge is 0.416 e. The summed E-state index contributed by atoms with van der Waals surface area (Å²) in [5.41, 5.74) is 2.65. The summed E-state index contributed by atoms with van der Waals surface area (Å²) in [5, 5.41) is 0.897. The number of anilines is 1. The van der Waals surface area contributed by atoms with E-state index in [0.717, 1.165) is 47.5 Å². The summed E-state index contributed by atoms with van der Waals surface area (Å²) in [5.74, 6) is 0. The van der Waals surface area contributed by atoms with Gasteiger partial charge in [-0.05, 0) is 35.4 Å². The molecule has 6 nitrogen and oxygen atoms in total. The van der Waals surface area contributed by atoms with Crippen LogP contribution in [0.2, 0.25) is 0 Å². The minimum absolute atomic E-state index is 0.0552. The molecule has 1 N–H and O–H groups in total. The molecular weight excluding hydrogens is 433 g/mol. The monoisotopic (exact) mass is 454 g/mol. The highest BCUT2D eigenvalue weighted by Crippen LogP contribution is 2.31. The lowest BCUT2D eigenvalue weighted by atomic mass is 10.1. The molecule has 0 bridgehead atoms. The van der Waals surface area contributed by atoms with E-state index in [1.54, 1.807) is 18.3 Å². The maximum absolute atomic E-state index is 13.0. The number of nitrogens with zero attached hydrogens (tertiary/aromatic N) is 3. The molecule has 1 aliphatic heterocycles. The van der Waals surface area contributed by atoms with Gasteiger partial charge in [-0.15, -0.1) is 0 Å². The lowest BCUT2D eigenvalue weighted by molar-refractivity contribution is -0.137. The van der Waals surface area contributed by atoms with Gasteiger partial charge in [-0.2, -0.15) is 13.2 Å². The molecule has 0 amide bonds. The van der Waals surface area contributed by atoms with E-state index in [4.69, 9.17) is 4.74 Å². The van der Waals surface area contributed by atoms with Gasteiger partial charge in [0, 0.05) is 42.5 Å². The second kappa shape index (κ2) is 8.40. The van der Waals surface area contributed by atoms with Gasteiger partial charge in [-0.3, -0.25) is 4.79 Å². The predicted octanol–water partition coefficient (Wildman–Crippen LogP) is 4.30. The predicted molar refractivity (Wildman–Crippen MR) is 119 cm³/mol. The summed E-state index contributed by atoms with van der Waals surface area (Å²) >= 11 is 0. The number of rotatable bonds is 4. The second-order valence-electron chi connectivity index (χ2n) is 7.97. The summed E-state index contributed by atoms with van der Waals surface area (Å²) in [7, 11) is 0. The van der Waals surface area contributed by atoms with Crippen molar-refractivity contribution in [2.45, 2.75) is 12.7 Å². The van der Waals surface area contributed by atoms with Gasteiger partial charge in [-0.1, -0.05) is 12.1 Å². The first-order valence-corrected chi connectivity index (χ1v) is 10.6. The number of aromatic amines is 1. The quantitative estimate of drug-likeness (QED) is 0.500. The fraction of sp³-hybridized carbons (Fsp3) is 0.250. The topological polar surface area (TPSA) is 63.1 Å². The molecular formula is C24H21F3N4O2. The fourth-order valence-electron chi connectivity index (χ4n) is 4.07. The van der Waals surface area contributed by atoms with Crippen LogP contribution >= 0.6 is 0 Å². The van der Waals surface area contributed by atoms with Crippen molar-refractivity contribution in [2.75, 3.05) is 31.2 Å². The molecule has 5 rings (SSSR count). The molecule has 4 heterocycles. The van der Waals surface area contributed by atoms with Gasteiger partial charge in [0.25, 0.3) is 5.56 Å². The average Bonchev–Trinajstić information content (AvgIpc) is 3.24. The minimum Gasteiger partial charge on any atom is -0.378 e. The SMILES string of the molecule is O=c1cc(-c2c[nH]c3ncc(N4CCOCC4)cc23)ccn1Cc1cccc(C(F)(F)F)c1. The fourth-order valence-corrected chi connectivity index (χ4v) is 4.07. The van der Waals surface area contributed by atoms with E-state index in [1.807, 2.05) is 18.5 Å². The molecule has 0 spiro atoms. The molecule has 0 atom stereocenters. The van der Waals surface area contributed by atoms with Crippen LogP contribution in [0.4, 0.5) is 18.9 Å². The van der Waals surface area contributed by atoms with E-state index < -0.39 is 11.7 Å². The van der Waals surface area contributed by atoms with Gasteiger partial charge in [0.05, 0.1) is 37.2 Å². The number of H-pyrrole nitrogens is 1. The zero-order chi connectivity index (χ0) is 23.0. The Labute approximate surface area is 187 Å². The molecule has 0 saturated carbocycles. The average molecular weight is 454 g/mol. The van der Waals surface area contributed by atoms with Crippen molar-refractivity contribution in [3.63, 3.8) is 0 Å². The van der Waals surface area contributed by atoms with Gasteiger partial charge < -0.3 is 19.2 Å². The van der Waals surface area contributed by atoms with Crippen LogP contribution in [0, 0.1) is 0 Å². The molecule has 0 radical (unpaired) electrons. The minimum atomic E-state index is -4.42. The number of fused-ring (bicyclic) bond motifs is 1. The molecule has 170 valence electrons. The Morgan fingerprint density at radius 3 is 2.67 bits per heavy atom. The number of morpholine rings is 1. The van der Waals surface area contributed by atoms with Gasteiger partial charge in [0.15, 0.2) is 0 Å². The lowest BCUT2D eigenvalue weighted by Crippen LogP contribution is -2.36. The molecule has 0 unspecified atom stereocenters. The molecule has 1 aliphatic rings. The summed E-state index contributed by atoms with van der Waals surface area (Å²) in [4.78, 5) is 22.6. The Morgan fingerprint density at radius 2 is 1.91 bits per heavy atom. The van der Waals surface area contributed by atoms with Crippen molar-refractivity contribution in [1.82, 2.24) is 14.5 Å². The Kier molecular flexibility index (Phi) is 5.41. The maximum Gasteiger partial charge on any atom is 0.416 e. The van der Waals surface area contributed by atoms with Gasteiger partial charge in [0.1, 0.15) is 5.65 Å². The van der Waals surface area contributed by atoms with Crippen molar-refractivity contribution < 1.29 is 17.9 Å². The molecule has 3 aromatic heterocycles. The van der Waals surface area contributed by atoms with E-state index >= 15 is 0 Å². The maximum atomic E-state index is 13.0. The molecule has 1 saturated heterocycles. The second-order valence-corrected chi connectivity index (χ2v) is 7.97. The Bertz CT molecular complexity index is 1350. The first-order valence-electron chi connectivity index (χ1n) is 10.6. The number of pyridine rings is 2. The Balaban J connectivity index is 1.44. The van der Waals surface area contributed by atoms with Gasteiger partial charge in [-0.25, -0.2) is 4.98 Å². The molecule has 4 aromatic rings. The van der Waals surface area contributed by atoms with Crippen molar-refractivity contribution in [1.29, 1.82) is 0 Å². The third-order valence-electron chi connectivity index (χ3n) is 5.81. The summed E-state index contributed by atoms with van der Waals surface area (Å²) in [6.07, 6.45) is 0.817. The highest BCUT2D eigenvalue weighted by molar-refractivity contribution is 5.95. The third-order valence-corrected chi connectivity index (χ3v) is 5.81. The number of nitrogens with one attached hydrogen (secondary N) is 1. The number of hydrogen-bond donors (Lipinski definition) is 1. The van der Waals surface area contributed by atoms with E-state index in [1.165, 1.54) is 16.7 Å². The summed E-state index contributed by atoms with van der Waals surface area (Å²) < 4.78 is 45.8. The van der Waals surface area contributed by atoms with Crippen LogP contribution < -0.4 is 10.5 Å². The van der Waals surface area contributed by atoms with Crippen molar-refractivity contribution in [3.8, 4) is 11.1 Å². The normalized spacial score (nSPS) is 14.7. The highest BCUT2D eigenvalue weighted by atomic mass is 19.4. The number of hydrogen-bond acceptors (Lipinski definition) is 4. The first kappa shape index (κ1) is 21.3. The van der Waals surface area contributed by atoms with Crippen LogP contribution in [0.3, 0.4) is 0 Å². The van der Waals surface area contributed by atoms with Gasteiger partial charge in [0.2, 0.25) is 0 Å². The van der Waals surface area contributed by atoms with Crippen molar-refractivity contribution >= 4 is 16.7 Å². The van der Waals surface area contributed by atoms with E-state index in [2.05, 4.69) is 14.9 Å². The Morgan fingerprint density at radius 1 is 1.09 bits per heavy atom. The standard InChI is InChI=1S/C24H21F3N4O2/c25-24(26,27)18-3-1-2-16(10-18)15-31-5-4-17(11-22(31)32)21-14-29-23-20(21)12-19(13-28-23)30-6-8-33-9-7-30/h1-5,10-14H,6-9,15H2,(H,28,29). The number of benzene rings is 1.